The van der Waals surface area contributed by atoms with Crippen molar-refractivity contribution < 1.29 is 17.6 Å². The van der Waals surface area contributed by atoms with Gasteiger partial charge in [-0.1, -0.05) is 6.07 Å². The first-order chi connectivity index (χ1) is 8.38. The van der Waals surface area contributed by atoms with Crippen molar-refractivity contribution in [1.29, 1.82) is 0 Å². The SMILES string of the molecule is Nc1ccc(-c2ccc(C(F)(F)F)c(F)c2)nc1. The zero-order chi connectivity index (χ0) is 13.3. The lowest BCUT2D eigenvalue weighted by atomic mass is 10.1. The Hall–Kier alpha value is -2.11. The summed E-state index contributed by atoms with van der Waals surface area (Å²) in [6, 6.07) is 5.73. The quantitative estimate of drug-likeness (QED) is 0.793. The average molecular weight is 256 g/mol. The van der Waals surface area contributed by atoms with E-state index in [4.69, 9.17) is 5.73 Å². The molecule has 2 N–H and O–H groups in total. The van der Waals surface area contributed by atoms with Crippen molar-refractivity contribution >= 4 is 5.69 Å². The number of benzene rings is 1. The van der Waals surface area contributed by atoms with Gasteiger partial charge in [0, 0.05) is 5.56 Å². The maximum Gasteiger partial charge on any atom is 0.419 e. The van der Waals surface area contributed by atoms with Crippen LogP contribution in [0.5, 0.6) is 0 Å². The smallest absolute Gasteiger partial charge is 0.397 e. The van der Waals surface area contributed by atoms with Gasteiger partial charge < -0.3 is 5.73 Å². The molecule has 0 aliphatic carbocycles. The molecule has 1 aromatic carbocycles. The molecule has 1 aromatic heterocycles. The first kappa shape index (κ1) is 12.3. The molecule has 0 spiro atoms. The van der Waals surface area contributed by atoms with Gasteiger partial charge in [-0.25, -0.2) is 4.39 Å². The highest BCUT2D eigenvalue weighted by Crippen LogP contribution is 2.33. The van der Waals surface area contributed by atoms with Crippen LogP contribution >= 0.6 is 0 Å². The summed E-state index contributed by atoms with van der Waals surface area (Å²) in [7, 11) is 0. The van der Waals surface area contributed by atoms with E-state index in [0.29, 0.717) is 17.4 Å². The van der Waals surface area contributed by atoms with Crippen molar-refractivity contribution in [2.75, 3.05) is 5.73 Å². The molecule has 6 heteroatoms. The van der Waals surface area contributed by atoms with Crippen LogP contribution in [0.3, 0.4) is 0 Å². The highest BCUT2D eigenvalue weighted by Gasteiger charge is 2.33. The third-order valence-corrected chi connectivity index (χ3v) is 2.36. The Kier molecular flexibility index (Phi) is 2.94. The Morgan fingerprint density at radius 1 is 1.06 bits per heavy atom. The Morgan fingerprint density at radius 2 is 1.78 bits per heavy atom. The second-order valence-corrected chi connectivity index (χ2v) is 3.67. The van der Waals surface area contributed by atoms with Gasteiger partial charge in [-0.15, -0.1) is 0 Å². The number of halogens is 4. The number of pyridine rings is 1. The molecule has 0 amide bonds. The monoisotopic (exact) mass is 256 g/mol. The van der Waals surface area contributed by atoms with Crippen LogP contribution in [-0.2, 0) is 6.18 Å². The summed E-state index contributed by atoms with van der Waals surface area (Å²) in [6.07, 6.45) is -3.35. The Balaban J connectivity index is 2.43. The molecule has 2 aromatic rings. The summed E-state index contributed by atoms with van der Waals surface area (Å²) in [5.74, 6) is -1.32. The normalized spacial score (nSPS) is 11.6. The van der Waals surface area contributed by atoms with Gasteiger partial charge in [-0.2, -0.15) is 13.2 Å². The van der Waals surface area contributed by atoms with E-state index in [1.807, 2.05) is 0 Å². The van der Waals surface area contributed by atoms with Crippen molar-refractivity contribution in [3.05, 3.63) is 47.9 Å². The Bertz CT molecular complexity index is 561. The van der Waals surface area contributed by atoms with E-state index >= 15 is 0 Å². The van der Waals surface area contributed by atoms with Crippen LogP contribution in [0, 0.1) is 5.82 Å². The minimum Gasteiger partial charge on any atom is -0.397 e. The fourth-order valence-electron chi connectivity index (χ4n) is 1.48. The maximum absolute atomic E-state index is 13.3. The lowest BCUT2D eigenvalue weighted by molar-refractivity contribution is -0.139. The number of rotatable bonds is 1. The average Bonchev–Trinajstić information content (AvgIpc) is 2.28. The van der Waals surface area contributed by atoms with Crippen LogP contribution < -0.4 is 5.73 Å². The molecular weight excluding hydrogens is 248 g/mol. The largest absolute Gasteiger partial charge is 0.419 e. The standard InChI is InChI=1S/C12H8F4N2/c13-10-5-7(1-3-9(10)12(14,15)16)11-4-2-8(17)6-18-11/h1-6H,17H2. The molecule has 0 atom stereocenters. The topological polar surface area (TPSA) is 38.9 Å². The molecule has 0 bridgehead atoms. The molecule has 18 heavy (non-hydrogen) atoms. The third kappa shape index (κ3) is 2.42. The van der Waals surface area contributed by atoms with Crippen LogP contribution in [0.2, 0.25) is 0 Å². The molecule has 0 aliphatic heterocycles. The number of hydrogen-bond donors (Lipinski definition) is 1. The molecule has 2 rings (SSSR count). The van der Waals surface area contributed by atoms with Crippen LogP contribution in [0.4, 0.5) is 23.2 Å². The molecular formula is C12H8F4N2. The summed E-state index contributed by atoms with van der Waals surface area (Å²) in [5.41, 5.74) is 5.19. The number of alkyl halides is 3. The zero-order valence-electron chi connectivity index (χ0n) is 9.00. The summed E-state index contributed by atoms with van der Waals surface area (Å²) in [5, 5.41) is 0. The zero-order valence-corrected chi connectivity index (χ0v) is 9.00. The maximum atomic E-state index is 13.3. The van der Waals surface area contributed by atoms with E-state index in [1.165, 1.54) is 24.4 Å². The Labute approximate surface area is 100 Å². The third-order valence-electron chi connectivity index (χ3n) is 2.36. The Morgan fingerprint density at radius 3 is 2.28 bits per heavy atom. The summed E-state index contributed by atoms with van der Waals surface area (Å²) >= 11 is 0. The first-order valence-electron chi connectivity index (χ1n) is 4.96. The number of anilines is 1. The number of nitrogen functional groups attached to an aromatic ring is 1. The van der Waals surface area contributed by atoms with E-state index in [-0.39, 0.29) is 5.56 Å². The highest BCUT2D eigenvalue weighted by atomic mass is 19.4. The molecule has 0 saturated heterocycles. The molecule has 2 nitrogen and oxygen atoms in total. The predicted molar refractivity (Wildman–Crippen MR) is 59.0 cm³/mol. The van der Waals surface area contributed by atoms with Crippen LogP contribution in [0.1, 0.15) is 5.56 Å². The van der Waals surface area contributed by atoms with Crippen LogP contribution in [0.15, 0.2) is 36.5 Å². The summed E-state index contributed by atoms with van der Waals surface area (Å²) < 4.78 is 50.4. The van der Waals surface area contributed by atoms with Gasteiger partial charge >= 0.3 is 6.18 Å². The van der Waals surface area contributed by atoms with Gasteiger partial charge in [-0.05, 0) is 24.3 Å². The fourth-order valence-corrected chi connectivity index (χ4v) is 1.48. The van der Waals surface area contributed by atoms with Crippen LogP contribution in [0.25, 0.3) is 11.3 Å². The van der Waals surface area contributed by atoms with Crippen molar-refractivity contribution in [3.8, 4) is 11.3 Å². The summed E-state index contributed by atoms with van der Waals surface area (Å²) in [4.78, 5) is 3.91. The van der Waals surface area contributed by atoms with Crippen molar-refractivity contribution in [1.82, 2.24) is 4.98 Å². The highest BCUT2D eigenvalue weighted by molar-refractivity contribution is 5.61. The van der Waals surface area contributed by atoms with Crippen molar-refractivity contribution in [2.45, 2.75) is 6.18 Å². The van der Waals surface area contributed by atoms with E-state index in [9.17, 15) is 17.6 Å². The van der Waals surface area contributed by atoms with E-state index in [0.717, 1.165) is 6.07 Å². The fraction of sp³-hybridized carbons (Fsp3) is 0.0833. The van der Waals surface area contributed by atoms with Gasteiger partial charge in [0.15, 0.2) is 0 Å². The number of hydrogen-bond acceptors (Lipinski definition) is 2. The molecule has 0 saturated carbocycles. The molecule has 1 heterocycles. The van der Waals surface area contributed by atoms with Gasteiger partial charge in [0.05, 0.1) is 23.1 Å². The molecule has 0 unspecified atom stereocenters. The van der Waals surface area contributed by atoms with E-state index in [2.05, 4.69) is 4.98 Å². The minimum atomic E-state index is -4.70. The second-order valence-electron chi connectivity index (χ2n) is 3.67. The van der Waals surface area contributed by atoms with Crippen molar-refractivity contribution in [3.63, 3.8) is 0 Å². The van der Waals surface area contributed by atoms with Gasteiger partial charge in [-0.3, -0.25) is 4.98 Å². The van der Waals surface area contributed by atoms with E-state index < -0.39 is 17.6 Å². The van der Waals surface area contributed by atoms with E-state index in [1.54, 1.807) is 0 Å². The lowest BCUT2D eigenvalue weighted by Gasteiger charge is -2.09. The number of nitrogens with two attached hydrogens (primary N) is 1. The van der Waals surface area contributed by atoms with Gasteiger partial charge in [0.2, 0.25) is 0 Å². The first-order valence-corrected chi connectivity index (χ1v) is 4.96. The van der Waals surface area contributed by atoms with Crippen molar-refractivity contribution in [2.24, 2.45) is 0 Å². The number of aromatic nitrogens is 1. The lowest BCUT2D eigenvalue weighted by Crippen LogP contribution is -2.07. The molecule has 0 aliphatic rings. The number of nitrogens with zero attached hydrogens (tertiary/aromatic N) is 1. The predicted octanol–water partition coefficient (Wildman–Crippen LogP) is 3.49. The van der Waals surface area contributed by atoms with Crippen LogP contribution in [-0.4, -0.2) is 4.98 Å². The second kappa shape index (κ2) is 4.29. The molecule has 0 radical (unpaired) electrons. The van der Waals surface area contributed by atoms with Gasteiger partial charge in [0.25, 0.3) is 0 Å². The molecule has 94 valence electrons. The molecule has 0 fully saturated rings. The van der Waals surface area contributed by atoms with Gasteiger partial charge in [0.1, 0.15) is 5.82 Å². The minimum absolute atomic E-state index is 0.264. The summed E-state index contributed by atoms with van der Waals surface area (Å²) in [6.45, 7) is 0.